The Morgan fingerprint density at radius 3 is 3.00 bits per heavy atom. The minimum absolute atomic E-state index is 0.00381. The summed E-state index contributed by atoms with van der Waals surface area (Å²) >= 11 is 1.47. The molecular formula is C12H13N5OS. The van der Waals surface area contributed by atoms with Crippen LogP contribution in [0.2, 0.25) is 0 Å². The number of thiophene rings is 1. The van der Waals surface area contributed by atoms with Crippen molar-refractivity contribution in [2.45, 2.75) is 20.3 Å². The number of carbonyl (C=O) groups excluding carboxylic acids is 1. The highest BCUT2D eigenvalue weighted by molar-refractivity contribution is 7.16. The van der Waals surface area contributed by atoms with Crippen molar-refractivity contribution in [1.82, 2.24) is 0 Å². The summed E-state index contributed by atoms with van der Waals surface area (Å²) in [6.07, 6.45) is 0.375. The van der Waals surface area contributed by atoms with Crippen LogP contribution in [0.5, 0.6) is 0 Å². The van der Waals surface area contributed by atoms with Gasteiger partial charge >= 0.3 is 0 Å². The number of aryl methyl sites for hydroxylation is 1. The van der Waals surface area contributed by atoms with Crippen molar-refractivity contribution in [3.05, 3.63) is 26.4 Å². The molecule has 7 heteroatoms. The largest absolute Gasteiger partial charge is 0.302 e. The summed E-state index contributed by atoms with van der Waals surface area (Å²) in [6.45, 7) is 4.68. The molecule has 1 aromatic rings. The van der Waals surface area contributed by atoms with Crippen LogP contribution in [0.4, 0.5) is 5.00 Å². The average Bonchev–Trinajstić information content (AvgIpc) is 2.88. The molecule has 0 radical (unpaired) electrons. The van der Waals surface area contributed by atoms with Crippen LogP contribution in [0.15, 0.2) is 5.11 Å². The van der Waals surface area contributed by atoms with E-state index in [-0.39, 0.29) is 11.8 Å². The van der Waals surface area contributed by atoms with E-state index >= 15 is 0 Å². The monoisotopic (exact) mass is 275 g/mol. The Hall–Kier alpha value is -2.03. The number of nitriles is 1. The second kappa shape index (κ2) is 5.31. The molecule has 1 fully saturated rings. The van der Waals surface area contributed by atoms with Crippen molar-refractivity contribution in [1.29, 1.82) is 5.26 Å². The summed E-state index contributed by atoms with van der Waals surface area (Å²) in [5, 5.41) is 13.5. The Morgan fingerprint density at radius 2 is 2.37 bits per heavy atom. The summed E-state index contributed by atoms with van der Waals surface area (Å²) in [6, 6.07) is 2.17. The predicted octanol–water partition coefficient (Wildman–Crippen LogP) is 2.90. The smallest absolute Gasteiger partial charge is 0.227 e. The summed E-state index contributed by atoms with van der Waals surface area (Å²) in [5.41, 5.74) is 9.84. The minimum atomic E-state index is -0.00381. The van der Waals surface area contributed by atoms with Crippen molar-refractivity contribution in [2.24, 2.45) is 11.0 Å². The van der Waals surface area contributed by atoms with E-state index in [1.807, 2.05) is 13.8 Å². The molecule has 19 heavy (non-hydrogen) atoms. The van der Waals surface area contributed by atoms with Gasteiger partial charge in [0.2, 0.25) is 5.91 Å². The molecule has 0 bridgehead atoms. The molecule has 0 saturated carbocycles. The van der Waals surface area contributed by atoms with Gasteiger partial charge in [0.05, 0.1) is 5.56 Å². The van der Waals surface area contributed by atoms with Gasteiger partial charge in [-0.05, 0) is 30.9 Å². The summed E-state index contributed by atoms with van der Waals surface area (Å²) in [7, 11) is 0. The average molecular weight is 275 g/mol. The SMILES string of the molecule is Cc1sc(N2CC(CN=[N+]=[N-])CC2=O)c(C#N)c1C. The molecule has 1 saturated heterocycles. The minimum Gasteiger partial charge on any atom is -0.302 e. The van der Waals surface area contributed by atoms with Gasteiger partial charge in [-0.1, -0.05) is 5.11 Å². The second-order valence-corrected chi connectivity index (χ2v) is 5.77. The third kappa shape index (κ3) is 2.41. The first kappa shape index (κ1) is 13.4. The Kier molecular flexibility index (Phi) is 3.74. The summed E-state index contributed by atoms with van der Waals surface area (Å²) in [5.74, 6) is 0.0357. The normalized spacial score (nSPS) is 18.3. The second-order valence-electron chi connectivity index (χ2n) is 4.56. The number of nitrogens with zero attached hydrogens (tertiary/aromatic N) is 5. The van der Waals surface area contributed by atoms with Crippen LogP contribution in [0.1, 0.15) is 22.4 Å². The van der Waals surface area contributed by atoms with Crippen LogP contribution in [0.3, 0.4) is 0 Å². The van der Waals surface area contributed by atoms with Crippen LogP contribution in [0.25, 0.3) is 10.4 Å². The van der Waals surface area contributed by atoms with Crippen molar-refractivity contribution in [3.63, 3.8) is 0 Å². The number of hydrogen-bond acceptors (Lipinski definition) is 4. The number of amides is 1. The van der Waals surface area contributed by atoms with Gasteiger partial charge in [-0.3, -0.25) is 4.79 Å². The zero-order chi connectivity index (χ0) is 14.0. The van der Waals surface area contributed by atoms with Gasteiger partial charge in [0.1, 0.15) is 11.1 Å². The maximum atomic E-state index is 12.0. The first-order valence-corrected chi connectivity index (χ1v) is 6.71. The molecule has 1 aromatic heterocycles. The van der Waals surface area contributed by atoms with Gasteiger partial charge in [0.15, 0.2) is 0 Å². The van der Waals surface area contributed by atoms with Gasteiger partial charge in [-0.2, -0.15) is 5.26 Å². The zero-order valence-electron chi connectivity index (χ0n) is 10.8. The molecule has 6 nitrogen and oxygen atoms in total. The quantitative estimate of drug-likeness (QED) is 0.482. The van der Waals surface area contributed by atoms with Crippen LogP contribution in [0, 0.1) is 31.1 Å². The first-order valence-electron chi connectivity index (χ1n) is 5.89. The van der Waals surface area contributed by atoms with Crippen molar-refractivity contribution >= 4 is 22.2 Å². The number of anilines is 1. The lowest BCUT2D eigenvalue weighted by molar-refractivity contribution is -0.117. The highest BCUT2D eigenvalue weighted by Crippen LogP contribution is 2.37. The molecule has 2 heterocycles. The van der Waals surface area contributed by atoms with Gasteiger partial charge in [0, 0.05) is 29.3 Å². The molecule has 1 aliphatic rings. The molecule has 1 unspecified atom stereocenters. The van der Waals surface area contributed by atoms with Gasteiger partial charge in [0.25, 0.3) is 0 Å². The molecule has 0 aliphatic carbocycles. The van der Waals surface area contributed by atoms with E-state index in [1.165, 1.54) is 11.3 Å². The Balaban J connectivity index is 2.28. The van der Waals surface area contributed by atoms with Crippen LogP contribution in [-0.2, 0) is 4.79 Å². The Morgan fingerprint density at radius 1 is 1.63 bits per heavy atom. The highest BCUT2D eigenvalue weighted by Gasteiger charge is 2.33. The van der Waals surface area contributed by atoms with Crippen LogP contribution in [-0.4, -0.2) is 19.0 Å². The summed E-state index contributed by atoms with van der Waals surface area (Å²) < 4.78 is 0. The standard InChI is InChI=1S/C12H13N5OS/c1-7-8(2)19-12(10(7)4-13)17-6-9(3-11(17)18)5-15-16-14/h9H,3,5-6H2,1-2H3. The van der Waals surface area contributed by atoms with Gasteiger partial charge < -0.3 is 4.90 Å². The lowest BCUT2D eigenvalue weighted by atomic mass is 10.1. The fraction of sp³-hybridized carbons (Fsp3) is 0.500. The zero-order valence-corrected chi connectivity index (χ0v) is 11.6. The molecule has 1 amide bonds. The molecule has 2 rings (SSSR count). The molecule has 98 valence electrons. The maximum Gasteiger partial charge on any atom is 0.227 e. The number of hydrogen-bond donors (Lipinski definition) is 0. The van der Waals surface area contributed by atoms with Crippen molar-refractivity contribution < 1.29 is 4.79 Å². The van der Waals surface area contributed by atoms with E-state index < -0.39 is 0 Å². The van der Waals surface area contributed by atoms with E-state index in [0.29, 0.717) is 25.1 Å². The molecule has 0 N–H and O–H groups in total. The number of azide groups is 1. The van der Waals surface area contributed by atoms with Crippen LogP contribution >= 0.6 is 11.3 Å². The topological polar surface area (TPSA) is 92.9 Å². The van der Waals surface area contributed by atoms with Crippen molar-refractivity contribution in [3.8, 4) is 6.07 Å². The van der Waals surface area contributed by atoms with E-state index in [4.69, 9.17) is 5.53 Å². The fourth-order valence-corrected chi connectivity index (χ4v) is 3.32. The lowest BCUT2D eigenvalue weighted by Crippen LogP contribution is -2.24. The number of carbonyl (C=O) groups is 1. The predicted molar refractivity (Wildman–Crippen MR) is 73.0 cm³/mol. The molecule has 0 spiro atoms. The van der Waals surface area contributed by atoms with Gasteiger partial charge in [-0.25, -0.2) is 0 Å². The fourth-order valence-electron chi connectivity index (χ4n) is 2.18. The molecular weight excluding hydrogens is 262 g/mol. The lowest BCUT2D eigenvalue weighted by Gasteiger charge is -2.14. The van der Waals surface area contributed by atoms with Crippen molar-refractivity contribution in [2.75, 3.05) is 18.0 Å². The molecule has 1 atom stereocenters. The summed E-state index contributed by atoms with van der Waals surface area (Å²) in [4.78, 5) is 17.5. The third-order valence-corrected chi connectivity index (χ3v) is 4.56. The first-order chi connectivity index (χ1) is 9.08. The molecule has 1 aliphatic heterocycles. The van der Waals surface area contributed by atoms with Crippen LogP contribution < -0.4 is 4.90 Å². The van der Waals surface area contributed by atoms with E-state index in [0.717, 1.165) is 15.4 Å². The maximum absolute atomic E-state index is 12.0. The Bertz CT molecular complexity index is 608. The number of rotatable bonds is 3. The van der Waals surface area contributed by atoms with E-state index in [1.54, 1.807) is 4.90 Å². The third-order valence-electron chi connectivity index (χ3n) is 3.33. The van der Waals surface area contributed by atoms with E-state index in [9.17, 15) is 10.1 Å². The highest BCUT2D eigenvalue weighted by atomic mass is 32.1. The van der Waals surface area contributed by atoms with Gasteiger partial charge in [-0.15, -0.1) is 11.3 Å². The van der Waals surface area contributed by atoms with E-state index in [2.05, 4.69) is 16.1 Å². The Labute approximate surface area is 114 Å². The molecule has 0 aromatic carbocycles.